The summed E-state index contributed by atoms with van der Waals surface area (Å²) >= 11 is 0. The Bertz CT molecular complexity index is 756. The average molecular weight is 332 g/mol. The van der Waals surface area contributed by atoms with Crippen LogP contribution in [-0.4, -0.2) is 46.2 Å². The molecule has 0 bridgehead atoms. The third kappa shape index (κ3) is 3.17. The van der Waals surface area contributed by atoms with Crippen molar-refractivity contribution in [3.8, 4) is 0 Å². The van der Waals surface area contributed by atoms with Crippen molar-refractivity contribution in [3.05, 3.63) is 36.0 Å². The molecule has 2 heterocycles. The summed E-state index contributed by atoms with van der Waals surface area (Å²) in [5.74, 6) is 0. The van der Waals surface area contributed by atoms with Gasteiger partial charge in [0, 0.05) is 17.6 Å². The van der Waals surface area contributed by atoms with Gasteiger partial charge in [-0.05, 0) is 38.8 Å². The lowest BCUT2D eigenvalue weighted by atomic mass is 9.88. The number of rotatable bonds is 3. The van der Waals surface area contributed by atoms with E-state index in [2.05, 4.69) is 0 Å². The fraction of sp³-hybridized carbons (Fsp3) is 0.500. The first-order chi connectivity index (χ1) is 11.2. The molecule has 0 radical (unpaired) electrons. The minimum absolute atomic E-state index is 0.249. The molecule has 24 heavy (non-hydrogen) atoms. The third-order valence-corrected chi connectivity index (χ3v) is 4.22. The van der Waals surface area contributed by atoms with Crippen molar-refractivity contribution in [2.75, 3.05) is 13.2 Å². The highest BCUT2D eigenvalue weighted by atomic mass is 16.6. The van der Waals surface area contributed by atoms with Crippen LogP contribution in [0.1, 0.15) is 26.3 Å². The lowest BCUT2D eigenvalue weighted by molar-refractivity contribution is -0.189. The van der Waals surface area contributed by atoms with Crippen LogP contribution in [0.25, 0.3) is 10.9 Å². The molecule has 0 spiro atoms. The zero-order valence-electron chi connectivity index (χ0n) is 14.3. The number of carbonyl (C=O) groups is 1. The maximum Gasteiger partial charge on any atom is 0.419 e. The number of nitrogens with zero attached hydrogens (tertiary/aromatic N) is 1. The lowest BCUT2D eigenvalue weighted by Crippen LogP contribution is -2.62. The smallest absolute Gasteiger partial charge is 0.419 e. The number of benzene rings is 1. The van der Waals surface area contributed by atoms with E-state index in [1.165, 1.54) is 4.57 Å². The van der Waals surface area contributed by atoms with Crippen LogP contribution in [-0.2, 0) is 15.9 Å². The van der Waals surface area contributed by atoms with Gasteiger partial charge in [-0.15, -0.1) is 0 Å². The monoisotopic (exact) mass is 332 g/mol. The molecule has 1 atom stereocenters. The number of para-hydroxylation sites is 1. The number of aliphatic hydroxyl groups is 1. The zero-order chi connectivity index (χ0) is 17.5. The lowest BCUT2D eigenvalue weighted by Gasteiger charge is -2.40. The Morgan fingerprint density at radius 2 is 2.08 bits per heavy atom. The van der Waals surface area contributed by atoms with Crippen molar-refractivity contribution in [2.45, 2.75) is 44.4 Å². The summed E-state index contributed by atoms with van der Waals surface area (Å²) < 4.78 is 12.1. The highest BCUT2D eigenvalue weighted by Gasteiger charge is 2.42. The molecular formula is C18H24N2O4. The summed E-state index contributed by atoms with van der Waals surface area (Å²) in [6.07, 6.45) is 1.78. The fourth-order valence-electron chi connectivity index (χ4n) is 2.83. The molecule has 6 nitrogen and oxygen atoms in total. The van der Waals surface area contributed by atoms with Crippen molar-refractivity contribution in [1.29, 1.82) is 0 Å². The first kappa shape index (κ1) is 17.0. The Balaban J connectivity index is 1.93. The summed E-state index contributed by atoms with van der Waals surface area (Å²) in [6.45, 7) is 6.00. The van der Waals surface area contributed by atoms with Crippen LogP contribution in [0.5, 0.6) is 0 Å². The standard InChI is InChI=1S/C18H24N2O4/c1-17(2,3)24-16(21)20-9-12(13-6-4-5-7-14(13)20)8-15(19)18(22)10-23-11-18/h4-7,9,15,22H,8,10-11,19H2,1-3H3/t15-/m0/s1. The summed E-state index contributed by atoms with van der Waals surface area (Å²) in [5.41, 5.74) is 6.28. The van der Waals surface area contributed by atoms with Gasteiger partial charge >= 0.3 is 6.09 Å². The Labute approximate surface area is 141 Å². The van der Waals surface area contributed by atoms with Crippen molar-refractivity contribution >= 4 is 17.0 Å². The van der Waals surface area contributed by atoms with Crippen LogP contribution < -0.4 is 5.73 Å². The SMILES string of the molecule is CC(C)(C)OC(=O)n1cc(C[C@H](N)C2(O)COC2)c2ccccc21. The minimum Gasteiger partial charge on any atom is -0.443 e. The molecule has 3 N–H and O–H groups in total. The first-order valence-corrected chi connectivity index (χ1v) is 8.08. The van der Waals surface area contributed by atoms with Gasteiger partial charge in [0.25, 0.3) is 0 Å². The molecule has 1 aromatic heterocycles. The van der Waals surface area contributed by atoms with E-state index in [1.54, 1.807) is 6.20 Å². The number of carbonyl (C=O) groups excluding carboxylic acids is 1. The zero-order valence-corrected chi connectivity index (χ0v) is 14.3. The molecule has 2 aromatic rings. The van der Waals surface area contributed by atoms with Gasteiger partial charge in [0.1, 0.15) is 11.2 Å². The molecule has 1 aliphatic rings. The Morgan fingerprint density at radius 3 is 2.67 bits per heavy atom. The van der Waals surface area contributed by atoms with Crippen LogP contribution >= 0.6 is 0 Å². The van der Waals surface area contributed by atoms with Gasteiger partial charge in [-0.3, -0.25) is 4.57 Å². The molecule has 1 aromatic carbocycles. The minimum atomic E-state index is -0.991. The van der Waals surface area contributed by atoms with Gasteiger partial charge in [-0.25, -0.2) is 4.79 Å². The van der Waals surface area contributed by atoms with E-state index in [0.717, 1.165) is 16.5 Å². The average Bonchev–Trinajstić information content (AvgIpc) is 2.82. The largest absolute Gasteiger partial charge is 0.443 e. The number of ether oxygens (including phenoxy) is 2. The van der Waals surface area contributed by atoms with Crippen LogP contribution in [0.4, 0.5) is 4.79 Å². The first-order valence-electron chi connectivity index (χ1n) is 8.08. The maximum atomic E-state index is 12.5. The van der Waals surface area contributed by atoms with E-state index in [9.17, 15) is 9.90 Å². The van der Waals surface area contributed by atoms with E-state index in [1.807, 2.05) is 45.0 Å². The maximum absolute atomic E-state index is 12.5. The van der Waals surface area contributed by atoms with Gasteiger partial charge in [0.05, 0.1) is 18.7 Å². The molecule has 6 heteroatoms. The Kier molecular flexibility index (Phi) is 4.15. The van der Waals surface area contributed by atoms with Crippen molar-refractivity contribution in [1.82, 2.24) is 4.57 Å². The normalized spacial score (nSPS) is 18.2. The summed E-state index contributed by atoms with van der Waals surface area (Å²) in [5, 5.41) is 11.3. The van der Waals surface area contributed by atoms with E-state index in [-0.39, 0.29) is 13.2 Å². The second-order valence-electron chi connectivity index (χ2n) is 7.43. The van der Waals surface area contributed by atoms with Crippen molar-refractivity contribution < 1.29 is 19.4 Å². The number of hydrogen-bond donors (Lipinski definition) is 2. The van der Waals surface area contributed by atoms with E-state index < -0.39 is 23.3 Å². The van der Waals surface area contributed by atoms with E-state index >= 15 is 0 Å². The molecule has 3 rings (SSSR count). The fourth-order valence-corrected chi connectivity index (χ4v) is 2.83. The van der Waals surface area contributed by atoms with Crippen LogP contribution in [0.3, 0.4) is 0 Å². The van der Waals surface area contributed by atoms with Crippen LogP contribution in [0.2, 0.25) is 0 Å². The summed E-state index contributed by atoms with van der Waals surface area (Å²) in [6, 6.07) is 7.15. The second-order valence-corrected chi connectivity index (χ2v) is 7.43. The Hall–Kier alpha value is -1.89. The van der Waals surface area contributed by atoms with E-state index in [4.69, 9.17) is 15.2 Å². The molecule has 130 valence electrons. The predicted molar refractivity (Wildman–Crippen MR) is 91.0 cm³/mol. The predicted octanol–water partition coefficient (Wildman–Crippen LogP) is 2.06. The number of fused-ring (bicyclic) bond motifs is 1. The number of hydrogen-bond acceptors (Lipinski definition) is 5. The Morgan fingerprint density at radius 1 is 1.42 bits per heavy atom. The highest BCUT2D eigenvalue weighted by Crippen LogP contribution is 2.27. The molecule has 1 saturated heterocycles. The van der Waals surface area contributed by atoms with Crippen LogP contribution in [0, 0.1) is 0 Å². The van der Waals surface area contributed by atoms with E-state index in [0.29, 0.717) is 6.42 Å². The van der Waals surface area contributed by atoms with Crippen LogP contribution in [0.15, 0.2) is 30.5 Å². The summed E-state index contributed by atoms with van der Waals surface area (Å²) in [4.78, 5) is 12.5. The number of nitrogens with two attached hydrogens (primary N) is 1. The van der Waals surface area contributed by atoms with Gasteiger partial charge in [-0.1, -0.05) is 18.2 Å². The topological polar surface area (TPSA) is 86.7 Å². The van der Waals surface area contributed by atoms with Gasteiger partial charge in [0.15, 0.2) is 0 Å². The highest BCUT2D eigenvalue weighted by molar-refractivity contribution is 5.92. The molecule has 0 aliphatic carbocycles. The molecule has 0 saturated carbocycles. The van der Waals surface area contributed by atoms with Gasteiger partial charge < -0.3 is 20.3 Å². The second kappa shape index (κ2) is 5.88. The molecule has 1 fully saturated rings. The van der Waals surface area contributed by atoms with Crippen molar-refractivity contribution in [3.63, 3.8) is 0 Å². The van der Waals surface area contributed by atoms with Gasteiger partial charge in [-0.2, -0.15) is 0 Å². The molecule has 1 aliphatic heterocycles. The molecule has 0 amide bonds. The third-order valence-electron chi connectivity index (χ3n) is 4.22. The van der Waals surface area contributed by atoms with Gasteiger partial charge in [0.2, 0.25) is 0 Å². The molecular weight excluding hydrogens is 308 g/mol. The quantitative estimate of drug-likeness (QED) is 0.898. The number of aromatic nitrogens is 1. The molecule has 0 unspecified atom stereocenters. The summed E-state index contributed by atoms with van der Waals surface area (Å²) in [7, 11) is 0. The van der Waals surface area contributed by atoms with Crippen molar-refractivity contribution in [2.24, 2.45) is 5.73 Å².